The Labute approximate surface area is 203 Å². The van der Waals surface area contributed by atoms with Crippen LogP contribution in [0.4, 0.5) is 5.69 Å². The number of pyridine rings is 1. The number of halogens is 1. The SMILES string of the molecule is COc1cc(C=NNc2ccnc3cc(Cl)ccc23)ccc1OS(=O)(=O)c1cc(C)ccc1C. The molecule has 4 aromatic rings. The van der Waals surface area contributed by atoms with Crippen molar-refractivity contribution in [2.75, 3.05) is 12.5 Å². The first-order valence-electron chi connectivity index (χ1n) is 10.3. The van der Waals surface area contributed by atoms with Gasteiger partial charge in [-0.2, -0.15) is 13.5 Å². The van der Waals surface area contributed by atoms with Gasteiger partial charge in [0.1, 0.15) is 4.90 Å². The Balaban J connectivity index is 1.55. The summed E-state index contributed by atoms with van der Waals surface area (Å²) in [6.45, 7) is 3.55. The third-order valence-electron chi connectivity index (χ3n) is 5.10. The lowest BCUT2D eigenvalue weighted by atomic mass is 10.2. The van der Waals surface area contributed by atoms with Gasteiger partial charge in [0.2, 0.25) is 0 Å². The number of aryl methyl sites for hydroxylation is 2. The van der Waals surface area contributed by atoms with Crippen LogP contribution in [0, 0.1) is 13.8 Å². The molecule has 9 heteroatoms. The van der Waals surface area contributed by atoms with Crippen LogP contribution in [0.2, 0.25) is 5.02 Å². The second kappa shape index (κ2) is 9.70. The summed E-state index contributed by atoms with van der Waals surface area (Å²) >= 11 is 6.04. The van der Waals surface area contributed by atoms with Crippen LogP contribution in [0.15, 0.2) is 76.9 Å². The van der Waals surface area contributed by atoms with Crippen molar-refractivity contribution >= 4 is 44.5 Å². The van der Waals surface area contributed by atoms with Gasteiger partial charge in [-0.15, -0.1) is 0 Å². The Kier molecular flexibility index (Phi) is 6.72. The fourth-order valence-corrected chi connectivity index (χ4v) is 4.79. The maximum Gasteiger partial charge on any atom is 0.339 e. The fraction of sp³-hybridized carbons (Fsp3) is 0.120. The minimum absolute atomic E-state index is 0.0884. The van der Waals surface area contributed by atoms with Crippen molar-refractivity contribution in [3.8, 4) is 11.5 Å². The van der Waals surface area contributed by atoms with E-state index in [1.807, 2.05) is 25.1 Å². The van der Waals surface area contributed by atoms with E-state index in [-0.39, 0.29) is 16.4 Å². The van der Waals surface area contributed by atoms with Gasteiger partial charge in [-0.25, -0.2) is 0 Å². The number of fused-ring (bicyclic) bond motifs is 1. The number of hydrogen-bond acceptors (Lipinski definition) is 7. The summed E-state index contributed by atoms with van der Waals surface area (Å²) in [5, 5.41) is 5.77. The highest BCUT2D eigenvalue weighted by Crippen LogP contribution is 2.31. The molecule has 4 rings (SSSR count). The molecule has 3 aromatic carbocycles. The van der Waals surface area contributed by atoms with Crippen molar-refractivity contribution in [3.05, 3.63) is 88.6 Å². The molecule has 0 saturated carbocycles. The van der Waals surface area contributed by atoms with E-state index in [2.05, 4.69) is 15.5 Å². The highest BCUT2D eigenvalue weighted by Gasteiger charge is 2.21. The number of nitrogens with one attached hydrogen (secondary N) is 1. The van der Waals surface area contributed by atoms with E-state index in [1.54, 1.807) is 55.7 Å². The van der Waals surface area contributed by atoms with Crippen molar-refractivity contribution in [1.29, 1.82) is 0 Å². The molecular formula is C25H22ClN3O4S. The van der Waals surface area contributed by atoms with Crippen molar-refractivity contribution < 1.29 is 17.3 Å². The second-order valence-electron chi connectivity index (χ2n) is 7.61. The summed E-state index contributed by atoms with van der Waals surface area (Å²) in [7, 11) is -2.59. The lowest BCUT2D eigenvalue weighted by Gasteiger charge is -2.13. The zero-order valence-corrected chi connectivity index (χ0v) is 20.3. The molecular weight excluding hydrogens is 474 g/mol. The van der Waals surface area contributed by atoms with Crippen molar-refractivity contribution in [3.63, 3.8) is 0 Å². The molecule has 0 radical (unpaired) electrons. The number of hydrogen-bond donors (Lipinski definition) is 1. The Morgan fingerprint density at radius 3 is 2.62 bits per heavy atom. The van der Waals surface area contributed by atoms with E-state index in [0.717, 1.165) is 22.2 Å². The maximum atomic E-state index is 12.9. The molecule has 1 N–H and O–H groups in total. The summed E-state index contributed by atoms with van der Waals surface area (Å²) in [6.07, 6.45) is 3.26. The maximum absolute atomic E-state index is 12.9. The number of hydrazone groups is 1. The highest BCUT2D eigenvalue weighted by molar-refractivity contribution is 7.87. The highest BCUT2D eigenvalue weighted by atomic mass is 35.5. The molecule has 1 heterocycles. The van der Waals surface area contributed by atoms with Crippen LogP contribution in [0.1, 0.15) is 16.7 Å². The second-order valence-corrected chi connectivity index (χ2v) is 9.56. The van der Waals surface area contributed by atoms with Crippen LogP contribution in [0.3, 0.4) is 0 Å². The number of aromatic nitrogens is 1. The van der Waals surface area contributed by atoms with E-state index in [1.165, 1.54) is 13.2 Å². The Bertz CT molecular complexity index is 1500. The van der Waals surface area contributed by atoms with Crippen LogP contribution in [-0.4, -0.2) is 26.7 Å². The quantitative estimate of drug-likeness (QED) is 0.200. The molecule has 0 amide bonds. The Morgan fingerprint density at radius 1 is 1.00 bits per heavy atom. The van der Waals surface area contributed by atoms with Gasteiger partial charge in [-0.1, -0.05) is 23.7 Å². The smallest absolute Gasteiger partial charge is 0.339 e. The first-order chi connectivity index (χ1) is 16.3. The van der Waals surface area contributed by atoms with E-state index in [9.17, 15) is 8.42 Å². The summed E-state index contributed by atoms with van der Waals surface area (Å²) in [5.74, 6) is 0.354. The monoisotopic (exact) mass is 495 g/mol. The van der Waals surface area contributed by atoms with Crippen LogP contribution >= 0.6 is 11.6 Å². The lowest BCUT2D eigenvalue weighted by Crippen LogP contribution is -2.12. The van der Waals surface area contributed by atoms with Gasteiger partial charge in [0.05, 0.1) is 24.5 Å². The first kappa shape index (κ1) is 23.5. The van der Waals surface area contributed by atoms with Crippen molar-refractivity contribution in [1.82, 2.24) is 4.98 Å². The van der Waals surface area contributed by atoms with Crippen LogP contribution in [0.5, 0.6) is 11.5 Å². The minimum Gasteiger partial charge on any atom is -0.493 e. The zero-order chi connectivity index (χ0) is 24.3. The number of benzene rings is 3. The number of ether oxygens (including phenoxy) is 1. The molecule has 174 valence electrons. The molecule has 1 aromatic heterocycles. The Hall–Kier alpha value is -3.62. The predicted octanol–water partition coefficient (Wildman–Crippen LogP) is 5.73. The third-order valence-corrected chi connectivity index (χ3v) is 6.72. The van der Waals surface area contributed by atoms with E-state index >= 15 is 0 Å². The van der Waals surface area contributed by atoms with Crippen molar-refractivity contribution in [2.45, 2.75) is 18.7 Å². The fourth-order valence-electron chi connectivity index (χ4n) is 3.37. The number of anilines is 1. The summed E-state index contributed by atoms with van der Waals surface area (Å²) in [6, 6.07) is 17.3. The summed E-state index contributed by atoms with van der Waals surface area (Å²) in [5.41, 5.74) is 6.62. The van der Waals surface area contributed by atoms with Gasteiger partial charge in [0.25, 0.3) is 0 Å². The zero-order valence-electron chi connectivity index (χ0n) is 18.7. The molecule has 0 spiro atoms. The largest absolute Gasteiger partial charge is 0.493 e. The van der Waals surface area contributed by atoms with E-state index in [0.29, 0.717) is 16.1 Å². The molecule has 0 atom stereocenters. The normalized spacial score (nSPS) is 11.6. The molecule has 34 heavy (non-hydrogen) atoms. The molecule has 0 fully saturated rings. The summed E-state index contributed by atoms with van der Waals surface area (Å²) in [4.78, 5) is 4.43. The van der Waals surface area contributed by atoms with Gasteiger partial charge in [-0.05, 0) is 79.1 Å². The molecule has 0 aliphatic heterocycles. The predicted molar refractivity (Wildman–Crippen MR) is 135 cm³/mol. The van der Waals surface area contributed by atoms with Gasteiger partial charge < -0.3 is 8.92 Å². The average molecular weight is 496 g/mol. The van der Waals surface area contributed by atoms with Gasteiger partial charge in [0, 0.05) is 16.6 Å². The number of nitrogens with zero attached hydrogens (tertiary/aromatic N) is 2. The first-order valence-corrected chi connectivity index (χ1v) is 12.1. The Morgan fingerprint density at radius 2 is 1.82 bits per heavy atom. The standard InChI is InChI=1S/C25H22ClN3O4S/c1-16-4-5-17(2)25(12-16)34(30,31)33-23-9-6-18(13-24(23)32-3)15-28-29-21-10-11-27-22-14-19(26)7-8-20(21)22/h4-15H,1-3H3,(H,27,29). The number of rotatable bonds is 7. The van der Waals surface area contributed by atoms with Gasteiger partial charge >= 0.3 is 10.1 Å². The summed E-state index contributed by atoms with van der Waals surface area (Å²) < 4.78 is 36.5. The van der Waals surface area contributed by atoms with E-state index < -0.39 is 10.1 Å². The molecule has 0 bridgehead atoms. The lowest BCUT2D eigenvalue weighted by molar-refractivity contribution is 0.390. The molecule has 0 aliphatic carbocycles. The van der Waals surface area contributed by atoms with E-state index in [4.69, 9.17) is 20.5 Å². The third kappa shape index (κ3) is 5.13. The van der Waals surface area contributed by atoms with Crippen LogP contribution < -0.4 is 14.3 Å². The molecule has 0 aliphatic rings. The van der Waals surface area contributed by atoms with Crippen molar-refractivity contribution in [2.24, 2.45) is 5.10 Å². The molecule has 7 nitrogen and oxygen atoms in total. The van der Waals surface area contributed by atoms with Gasteiger partial charge in [0.15, 0.2) is 11.5 Å². The average Bonchev–Trinajstić information content (AvgIpc) is 2.81. The van der Waals surface area contributed by atoms with Crippen LogP contribution in [0.25, 0.3) is 10.9 Å². The minimum atomic E-state index is -4.03. The van der Waals surface area contributed by atoms with Gasteiger partial charge in [-0.3, -0.25) is 10.4 Å². The number of methoxy groups -OCH3 is 1. The molecule has 0 unspecified atom stereocenters. The molecule has 0 saturated heterocycles. The topological polar surface area (TPSA) is 89.9 Å². The van der Waals surface area contributed by atoms with Crippen LogP contribution in [-0.2, 0) is 10.1 Å².